The highest BCUT2D eigenvalue weighted by Gasteiger charge is 2.19. The molecule has 0 fully saturated rings. The second kappa shape index (κ2) is 9.34. The van der Waals surface area contributed by atoms with Crippen LogP contribution in [0.15, 0.2) is 60.8 Å². The van der Waals surface area contributed by atoms with Crippen LogP contribution in [0.1, 0.15) is 24.0 Å². The Hall–Kier alpha value is -3.60. The number of carbonyl (C=O) groups is 1. The number of carbonyl (C=O) groups excluding carboxylic acids is 1. The number of nitrogens with zero attached hydrogens (tertiary/aromatic N) is 4. The molecule has 0 radical (unpaired) electrons. The molecule has 3 N–H and O–H groups in total. The summed E-state index contributed by atoms with van der Waals surface area (Å²) in [5, 5.41) is 7.98. The lowest BCUT2D eigenvalue weighted by molar-refractivity contribution is -0.118. The number of aromatic nitrogens is 3. The van der Waals surface area contributed by atoms with Crippen molar-refractivity contribution in [3.63, 3.8) is 0 Å². The Balaban J connectivity index is 1.46. The highest BCUT2D eigenvalue weighted by molar-refractivity contribution is 7.77. The van der Waals surface area contributed by atoms with E-state index in [1.807, 2.05) is 61.6 Å². The Morgan fingerprint density at radius 3 is 2.82 bits per heavy atom. The first-order chi connectivity index (χ1) is 16.5. The van der Waals surface area contributed by atoms with Crippen molar-refractivity contribution in [2.24, 2.45) is 0 Å². The molecular formula is C24H24N6O3S. The number of fused-ring (bicyclic) bond motifs is 2. The van der Waals surface area contributed by atoms with E-state index in [0.717, 1.165) is 52.1 Å². The summed E-state index contributed by atoms with van der Waals surface area (Å²) in [6.07, 6.45) is 3.96. The van der Waals surface area contributed by atoms with E-state index in [1.54, 1.807) is 15.6 Å². The van der Waals surface area contributed by atoms with Crippen molar-refractivity contribution in [1.29, 1.82) is 0 Å². The Morgan fingerprint density at radius 2 is 1.97 bits per heavy atom. The van der Waals surface area contributed by atoms with Gasteiger partial charge in [-0.05, 0) is 54.3 Å². The minimum atomic E-state index is -2.10. The van der Waals surface area contributed by atoms with Gasteiger partial charge >= 0.3 is 0 Å². The molecule has 1 unspecified atom stereocenters. The van der Waals surface area contributed by atoms with Gasteiger partial charge in [0.05, 0.1) is 17.4 Å². The molecule has 0 aliphatic carbocycles. The molecule has 10 heteroatoms. The van der Waals surface area contributed by atoms with Gasteiger partial charge in [-0.2, -0.15) is 0 Å². The number of amides is 1. The zero-order valence-electron chi connectivity index (χ0n) is 18.6. The number of hydrogen-bond acceptors (Lipinski definition) is 5. The van der Waals surface area contributed by atoms with E-state index in [-0.39, 0.29) is 12.5 Å². The van der Waals surface area contributed by atoms with Crippen LogP contribution in [0.2, 0.25) is 0 Å². The molecule has 0 spiro atoms. The second-order valence-corrected chi connectivity index (χ2v) is 8.93. The molecule has 1 aliphatic rings. The first-order valence-electron chi connectivity index (χ1n) is 10.9. The molecule has 0 bridgehead atoms. The van der Waals surface area contributed by atoms with Gasteiger partial charge in [-0.25, -0.2) is 18.4 Å². The molecule has 1 amide bonds. The van der Waals surface area contributed by atoms with Crippen molar-refractivity contribution in [3.05, 3.63) is 71.9 Å². The van der Waals surface area contributed by atoms with Crippen LogP contribution >= 0.6 is 0 Å². The summed E-state index contributed by atoms with van der Waals surface area (Å²) in [6, 6.07) is 17.5. The molecule has 4 aromatic rings. The third-order valence-electron chi connectivity index (χ3n) is 5.99. The van der Waals surface area contributed by atoms with Crippen molar-refractivity contribution in [1.82, 2.24) is 19.3 Å². The zero-order valence-corrected chi connectivity index (χ0v) is 19.4. The molecular weight excluding hydrogens is 452 g/mol. The first-order valence-corrected chi connectivity index (χ1v) is 12.0. The average Bonchev–Trinajstić information content (AvgIpc) is 3.19. The average molecular weight is 477 g/mol. The number of hydrogen-bond donors (Lipinski definition) is 3. The summed E-state index contributed by atoms with van der Waals surface area (Å²) in [4.78, 5) is 18.3. The smallest absolute Gasteiger partial charge is 0.245 e. The summed E-state index contributed by atoms with van der Waals surface area (Å²) in [7, 11) is 1.82. The largest absolute Gasteiger partial charge is 0.323 e. The highest BCUT2D eigenvalue weighted by Crippen LogP contribution is 2.30. The van der Waals surface area contributed by atoms with E-state index in [4.69, 9.17) is 9.65 Å². The van der Waals surface area contributed by atoms with E-state index in [1.165, 1.54) is 0 Å². The summed E-state index contributed by atoms with van der Waals surface area (Å²) < 4.78 is 24.5. The lowest BCUT2D eigenvalue weighted by atomic mass is 10.1. The number of benzene rings is 2. The monoisotopic (exact) mass is 476 g/mol. The lowest BCUT2D eigenvalue weighted by Crippen LogP contribution is -2.24. The molecule has 3 heterocycles. The van der Waals surface area contributed by atoms with Gasteiger partial charge in [0.2, 0.25) is 23.1 Å². The zero-order chi connectivity index (χ0) is 23.7. The van der Waals surface area contributed by atoms with Gasteiger partial charge in [0.1, 0.15) is 0 Å². The Kier molecular flexibility index (Phi) is 6.10. The maximum Gasteiger partial charge on any atom is 0.245 e. The molecule has 9 nitrogen and oxygen atoms in total. The molecule has 34 heavy (non-hydrogen) atoms. The number of anilines is 3. The fourth-order valence-corrected chi connectivity index (χ4v) is 4.56. The van der Waals surface area contributed by atoms with Gasteiger partial charge in [-0.1, -0.05) is 24.3 Å². The van der Waals surface area contributed by atoms with Gasteiger partial charge < -0.3 is 10.2 Å². The number of rotatable bonds is 6. The predicted octanol–water partition coefficient (Wildman–Crippen LogP) is 3.67. The molecule has 0 saturated carbocycles. The highest BCUT2D eigenvalue weighted by atomic mass is 32.2. The Bertz CT molecular complexity index is 1400. The predicted molar refractivity (Wildman–Crippen MR) is 132 cm³/mol. The third-order valence-corrected chi connectivity index (χ3v) is 6.38. The van der Waals surface area contributed by atoms with Gasteiger partial charge in [0, 0.05) is 37.0 Å². The fraction of sp³-hybridized carbons (Fsp3) is 0.208. The van der Waals surface area contributed by atoms with Crippen molar-refractivity contribution in [3.8, 4) is 11.3 Å². The van der Waals surface area contributed by atoms with Crippen LogP contribution < -0.4 is 14.9 Å². The van der Waals surface area contributed by atoms with Crippen LogP contribution in [0.4, 0.5) is 17.3 Å². The van der Waals surface area contributed by atoms with Crippen LogP contribution in [-0.4, -0.2) is 36.3 Å². The summed E-state index contributed by atoms with van der Waals surface area (Å²) in [5.74, 6) is 0.573. The topological polar surface area (TPSA) is 112 Å². The van der Waals surface area contributed by atoms with Crippen LogP contribution in [0.25, 0.3) is 16.8 Å². The van der Waals surface area contributed by atoms with E-state index in [9.17, 15) is 9.00 Å². The number of nitrogens with one attached hydrogen (secondary N) is 2. The molecule has 2 aromatic heterocycles. The molecule has 1 aliphatic heterocycles. The van der Waals surface area contributed by atoms with E-state index < -0.39 is 11.3 Å². The van der Waals surface area contributed by atoms with Gasteiger partial charge in [-0.3, -0.25) is 9.35 Å². The Morgan fingerprint density at radius 1 is 1.12 bits per heavy atom. The van der Waals surface area contributed by atoms with Crippen molar-refractivity contribution >= 4 is 40.0 Å². The molecule has 1 atom stereocenters. The molecule has 5 rings (SSSR count). The summed E-state index contributed by atoms with van der Waals surface area (Å²) in [5.41, 5.74) is 6.37. The third kappa shape index (κ3) is 4.43. The summed E-state index contributed by atoms with van der Waals surface area (Å²) >= 11 is -2.10. The molecule has 2 aromatic carbocycles. The van der Waals surface area contributed by atoms with Gasteiger partial charge in [0.25, 0.3) is 0 Å². The van der Waals surface area contributed by atoms with E-state index >= 15 is 0 Å². The molecule has 174 valence electrons. The lowest BCUT2D eigenvalue weighted by Gasteiger charge is -2.18. The fourth-order valence-electron chi connectivity index (χ4n) is 4.28. The van der Waals surface area contributed by atoms with Crippen LogP contribution in [0, 0.1) is 0 Å². The maximum atomic E-state index is 12.2. The van der Waals surface area contributed by atoms with Gasteiger partial charge in [0.15, 0.2) is 0 Å². The minimum absolute atomic E-state index is 0.133. The van der Waals surface area contributed by atoms with Crippen molar-refractivity contribution in [2.45, 2.75) is 25.8 Å². The molecule has 0 saturated heterocycles. The van der Waals surface area contributed by atoms with Crippen LogP contribution in [0.3, 0.4) is 0 Å². The van der Waals surface area contributed by atoms with Crippen molar-refractivity contribution < 1.29 is 13.6 Å². The summed E-state index contributed by atoms with van der Waals surface area (Å²) in [6.45, 7) is 0.245. The van der Waals surface area contributed by atoms with E-state index in [0.29, 0.717) is 12.4 Å². The standard InChI is InChI=1S/C24H24N6O3S/c1-29-21-11-9-18(13-16(21)6-4-8-23(29)31)27-24-25-15-19-10-12-22(30(19)28-24)20-7-3-2-5-17(20)14-26-34(32)33/h2-3,5,7,9-13,15,26H,4,6,8,14H2,1H3,(H,27,28)(H,32,33). The normalized spacial score (nSPS) is 14.6. The van der Waals surface area contributed by atoms with Crippen molar-refractivity contribution in [2.75, 3.05) is 17.3 Å². The van der Waals surface area contributed by atoms with Gasteiger partial charge in [-0.15, -0.1) is 5.10 Å². The second-order valence-electron chi connectivity index (χ2n) is 8.14. The SMILES string of the molecule is CN1C(=O)CCCc2cc(Nc3ncc4ccc(-c5ccccc5CNS(=O)O)n4n3)ccc21. The minimum Gasteiger partial charge on any atom is -0.323 e. The first kappa shape index (κ1) is 22.2. The Labute approximate surface area is 199 Å². The van der Waals surface area contributed by atoms with Crippen LogP contribution in [0.5, 0.6) is 0 Å². The maximum absolute atomic E-state index is 12.2. The quantitative estimate of drug-likeness (QED) is 0.366. The number of aryl methyl sites for hydroxylation is 1. The van der Waals surface area contributed by atoms with Crippen LogP contribution in [-0.2, 0) is 29.0 Å². The van der Waals surface area contributed by atoms with E-state index in [2.05, 4.69) is 15.0 Å².